The summed E-state index contributed by atoms with van der Waals surface area (Å²) in [6.07, 6.45) is 0. The molecule has 0 aromatic carbocycles. The molecule has 1 N–H and O–H groups in total. The zero-order valence-corrected chi connectivity index (χ0v) is 12.0. The summed E-state index contributed by atoms with van der Waals surface area (Å²) in [7, 11) is -3.63. The molecule has 2 rings (SSSR count). The highest BCUT2D eigenvalue weighted by molar-refractivity contribution is 7.94. The van der Waals surface area contributed by atoms with Gasteiger partial charge in [-0.2, -0.15) is 0 Å². The molecule has 2 aromatic heterocycles. The second kappa shape index (κ2) is 4.83. The first-order valence-electron chi connectivity index (χ1n) is 4.97. The van der Waals surface area contributed by atoms with Crippen molar-refractivity contribution >= 4 is 38.8 Å². The molecule has 18 heavy (non-hydrogen) atoms. The Morgan fingerprint density at radius 2 is 2.00 bits per heavy atom. The Morgan fingerprint density at radius 1 is 1.28 bits per heavy atom. The maximum Gasteiger partial charge on any atom is 0.272 e. The topological polar surface area (TPSA) is 72.0 Å². The van der Waals surface area contributed by atoms with Gasteiger partial charge in [0.05, 0.1) is 4.34 Å². The lowest BCUT2D eigenvalue weighted by atomic mass is 10.4. The Labute approximate surface area is 114 Å². The fourth-order valence-corrected chi connectivity index (χ4v) is 3.87. The second-order valence-corrected chi connectivity index (χ2v) is 7.23. The molecular weight excluding hydrogens is 294 g/mol. The van der Waals surface area contributed by atoms with Crippen molar-refractivity contribution in [2.45, 2.75) is 18.1 Å². The van der Waals surface area contributed by atoms with Gasteiger partial charge in [0.2, 0.25) is 0 Å². The molecule has 0 amide bonds. The van der Waals surface area contributed by atoms with Crippen LogP contribution in [-0.2, 0) is 10.0 Å². The van der Waals surface area contributed by atoms with E-state index in [0.717, 1.165) is 11.3 Å². The van der Waals surface area contributed by atoms with Gasteiger partial charge in [-0.05, 0) is 26.0 Å². The highest BCUT2D eigenvalue weighted by Gasteiger charge is 2.17. The van der Waals surface area contributed by atoms with Gasteiger partial charge in [-0.15, -0.1) is 11.3 Å². The van der Waals surface area contributed by atoms with Gasteiger partial charge in [-0.1, -0.05) is 11.6 Å². The molecule has 0 bridgehead atoms. The van der Waals surface area contributed by atoms with Crippen LogP contribution in [0.25, 0.3) is 0 Å². The quantitative estimate of drug-likeness (QED) is 0.946. The van der Waals surface area contributed by atoms with E-state index in [1.807, 2.05) is 0 Å². The van der Waals surface area contributed by atoms with E-state index in [0.29, 0.717) is 15.9 Å². The minimum atomic E-state index is -3.63. The molecule has 0 radical (unpaired) electrons. The first-order valence-corrected chi connectivity index (χ1v) is 7.65. The first-order chi connectivity index (χ1) is 8.37. The lowest BCUT2D eigenvalue weighted by Crippen LogP contribution is -2.13. The third-order valence-electron chi connectivity index (χ3n) is 2.02. The van der Waals surface area contributed by atoms with Crippen molar-refractivity contribution in [3.8, 4) is 0 Å². The fraction of sp³-hybridized carbons (Fsp3) is 0.200. The smallest absolute Gasteiger partial charge is 0.263 e. The number of hydrogen-bond donors (Lipinski definition) is 1. The van der Waals surface area contributed by atoms with Crippen molar-refractivity contribution in [1.82, 2.24) is 9.97 Å². The summed E-state index contributed by atoms with van der Waals surface area (Å²) in [5, 5.41) is 0. The number of aromatic nitrogens is 2. The molecule has 5 nitrogen and oxygen atoms in total. The lowest BCUT2D eigenvalue weighted by molar-refractivity contribution is 0.603. The Morgan fingerprint density at radius 3 is 2.56 bits per heavy atom. The van der Waals surface area contributed by atoms with E-state index in [4.69, 9.17) is 11.6 Å². The Kier molecular flexibility index (Phi) is 3.56. The van der Waals surface area contributed by atoms with Gasteiger partial charge in [0.25, 0.3) is 10.0 Å². The molecule has 8 heteroatoms. The molecule has 0 aliphatic rings. The van der Waals surface area contributed by atoms with Crippen molar-refractivity contribution in [2.75, 3.05) is 4.72 Å². The summed E-state index contributed by atoms with van der Waals surface area (Å²) >= 11 is 6.71. The molecule has 0 fully saturated rings. The monoisotopic (exact) mass is 303 g/mol. The summed E-state index contributed by atoms with van der Waals surface area (Å²) in [6, 6.07) is 4.56. The summed E-state index contributed by atoms with van der Waals surface area (Å²) in [5.74, 6) is 0.765. The van der Waals surface area contributed by atoms with Crippen molar-refractivity contribution in [2.24, 2.45) is 0 Å². The summed E-state index contributed by atoms with van der Waals surface area (Å²) < 4.78 is 27.0. The van der Waals surface area contributed by atoms with E-state index < -0.39 is 10.0 Å². The molecule has 96 valence electrons. The maximum absolute atomic E-state index is 12.0. The van der Waals surface area contributed by atoms with E-state index in [2.05, 4.69) is 14.7 Å². The first kappa shape index (κ1) is 13.3. The third-order valence-corrected chi connectivity index (χ3v) is 5.10. The van der Waals surface area contributed by atoms with Gasteiger partial charge in [0, 0.05) is 11.8 Å². The standard InChI is InChI=1S/C10H10ClN3O2S2/c1-6-5-9(13-7(2)12-6)14-18(15,16)10-4-3-8(11)17-10/h3-5H,1-2H3,(H,12,13,14). The van der Waals surface area contributed by atoms with Crippen LogP contribution in [0.4, 0.5) is 5.82 Å². The van der Waals surface area contributed by atoms with E-state index >= 15 is 0 Å². The molecule has 0 unspecified atom stereocenters. The van der Waals surface area contributed by atoms with Gasteiger partial charge < -0.3 is 0 Å². The number of nitrogens with zero attached hydrogens (tertiary/aromatic N) is 2. The average molecular weight is 304 g/mol. The number of thiophene rings is 1. The van der Waals surface area contributed by atoms with Crippen LogP contribution in [0.2, 0.25) is 4.34 Å². The van der Waals surface area contributed by atoms with E-state index in [9.17, 15) is 8.42 Å². The predicted molar refractivity (Wildman–Crippen MR) is 71.6 cm³/mol. The van der Waals surface area contributed by atoms with Crippen LogP contribution in [0.5, 0.6) is 0 Å². The van der Waals surface area contributed by atoms with Crippen molar-refractivity contribution in [3.05, 3.63) is 34.1 Å². The normalized spacial score (nSPS) is 11.5. The summed E-state index contributed by atoms with van der Waals surface area (Å²) in [5.41, 5.74) is 0.699. The Bertz CT molecular complexity index is 662. The maximum atomic E-state index is 12.0. The fourth-order valence-electron chi connectivity index (χ4n) is 1.40. The van der Waals surface area contributed by atoms with Crippen LogP contribution in [-0.4, -0.2) is 18.4 Å². The number of aryl methyl sites for hydroxylation is 2. The van der Waals surface area contributed by atoms with Crippen LogP contribution in [0, 0.1) is 13.8 Å². The van der Waals surface area contributed by atoms with E-state index in [1.165, 1.54) is 12.1 Å². The van der Waals surface area contributed by atoms with E-state index in [-0.39, 0.29) is 10.0 Å². The third kappa shape index (κ3) is 2.98. The number of anilines is 1. The molecule has 0 aliphatic heterocycles. The van der Waals surface area contributed by atoms with Gasteiger partial charge in [-0.3, -0.25) is 4.72 Å². The number of rotatable bonds is 3. The minimum Gasteiger partial charge on any atom is -0.263 e. The molecule has 2 aromatic rings. The van der Waals surface area contributed by atoms with Gasteiger partial charge in [0.15, 0.2) is 0 Å². The number of nitrogens with one attached hydrogen (secondary N) is 1. The van der Waals surface area contributed by atoms with E-state index in [1.54, 1.807) is 19.9 Å². The highest BCUT2D eigenvalue weighted by atomic mass is 35.5. The summed E-state index contributed by atoms with van der Waals surface area (Å²) in [6.45, 7) is 3.47. The number of hydrogen-bond acceptors (Lipinski definition) is 5. The van der Waals surface area contributed by atoms with Gasteiger partial charge in [-0.25, -0.2) is 18.4 Å². The van der Waals surface area contributed by atoms with Crippen molar-refractivity contribution < 1.29 is 8.42 Å². The van der Waals surface area contributed by atoms with Gasteiger partial charge in [0.1, 0.15) is 15.9 Å². The lowest BCUT2D eigenvalue weighted by Gasteiger charge is -2.06. The molecule has 0 saturated carbocycles. The molecule has 0 saturated heterocycles. The van der Waals surface area contributed by atoms with Crippen LogP contribution in [0.1, 0.15) is 11.5 Å². The zero-order chi connectivity index (χ0) is 13.3. The van der Waals surface area contributed by atoms with Crippen LogP contribution in [0.3, 0.4) is 0 Å². The van der Waals surface area contributed by atoms with Crippen LogP contribution < -0.4 is 4.72 Å². The Balaban J connectivity index is 2.33. The van der Waals surface area contributed by atoms with Crippen molar-refractivity contribution in [1.29, 1.82) is 0 Å². The van der Waals surface area contributed by atoms with Crippen LogP contribution in [0.15, 0.2) is 22.4 Å². The van der Waals surface area contributed by atoms with Gasteiger partial charge >= 0.3 is 0 Å². The minimum absolute atomic E-state index is 0.154. The SMILES string of the molecule is Cc1cc(NS(=O)(=O)c2ccc(Cl)s2)nc(C)n1. The molecule has 0 atom stereocenters. The number of halogens is 1. The highest BCUT2D eigenvalue weighted by Crippen LogP contribution is 2.26. The molecule has 2 heterocycles. The van der Waals surface area contributed by atoms with Crippen LogP contribution >= 0.6 is 22.9 Å². The second-order valence-electron chi connectivity index (χ2n) is 3.61. The van der Waals surface area contributed by atoms with Crippen molar-refractivity contribution in [3.63, 3.8) is 0 Å². The molecule has 0 spiro atoms. The Hall–Kier alpha value is -1.18. The summed E-state index contributed by atoms with van der Waals surface area (Å²) in [4.78, 5) is 8.10. The largest absolute Gasteiger partial charge is 0.272 e. The average Bonchev–Trinajstić information content (AvgIpc) is 2.62. The zero-order valence-electron chi connectivity index (χ0n) is 9.64. The number of sulfonamides is 1. The molecule has 0 aliphatic carbocycles. The molecular formula is C10H10ClN3O2S2. The predicted octanol–water partition coefficient (Wildman–Crippen LogP) is 2.61.